The van der Waals surface area contributed by atoms with Crippen molar-refractivity contribution in [1.82, 2.24) is 14.2 Å². The summed E-state index contributed by atoms with van der Waals surface area (Å²) >= 11 is 0. The van der Waals surface area contributed by atoms with Gasteiger partial charge in [-0.25, -0.2) is 8.42 Å². The predicted molar refractivity (Wildman–Crippen MR) is 144 cm³/mol. The molecular weight excluding hydrogens is 502 g/mol. The van der Waals surface area contributed by atoms with Gasteiger partial charge in [-0.2, -0.15) is 4.31 Å². The first-order valence-corrected chi connectivity index (χ1v) is 14.5. The van der Waals surface area contributed by atoms with Gasteiger partial charge in [0.1, 0.15) is 18.0 Å². The van der Waals surface area contributed by atoms with E-state index in [4.69, 9.17) is 9.47 Å². The van der Waals surface area contributed by atoms with Crippen molar-refractivity contribution < 1.29 is 22.7 Å². The fourth-order valence-electron chi connectivity index (χ4n) is 5.35. The van der Waals surface area contributed by atoms with Gasteiger partial charge in [0.15, 0.2) is 0 Å². The zero-order valence-electron chi connectivity index (χ0n) is 21.7. The molecule has 2 aliphatic heterocycles. The molecule has 2 fully saturated rings. The molecule has 200 valence electrons. The number of aryl methyl sites for hydroxylation is 1. The number of hydrogen-bond donors (Lipinski definition) is 0. The van der Waals surface area contributed by atoms with Gasteiger partial charge in [-0.05, 0) is 61.2 Å². The molecule has 3 heterocycles. The first-order chi connectivity index (χ1) is 18.4. The number of hydrogen-bond acceptors (Lipinski definition) is 6. The van der Waals surface area contributed by atoms with Gasteiger partial charge >= 0.3 is 0 Å². The van der Waals surface area contributed by atoms with E-state index < -0.39 is 10.0 Å². The summed E-state index contributed by atoms with van der Waals surface area (Å²) in [6, 6.07) is 20.1. The van der Waals surface area contributed by atoms with Gasteiger partial charge in [-0.15, -0.1) is 0 Å². The van der Waals surface area contributed by atoms with Crippen LogP contribution in [0.3, 0.4) is 0 Å². The fraction of sp³-hybridized carbons (Fsp3) is 0.379. The maximum Gasteiger partial charge on any atom is 0.254 e. The first kappa shape index (κ1) is 26.3. The van der Waals surface area contributed by atoms with Crippen molar-refractivity contribution in [1.29, 1.82) is 0 Å². The van der Waals surface area contributed by atoms with Crippen molar-refractivity contribution in [2.45, 2.75) is 43.8 Å². The van der Waals surface area contributed by atoms with Crippen LogP contribution in [-0.4, -0.2) is 67.5 Å². The Labute approximate surface area is 224 Å². The van der Waals surface area contributed by atoms with E-state index in [-0.39, 0.29) is 29.9 Å². The van der Waals surface area contributed by atoms with Crippen molar-refractivity contribution in [3.05, 3.63) is 95.3 Å². The molecule has 0 saturated carbocycles. The molecule has 0 N–H and O–H groups in total. The monoisotopic (exact) mass is 535 g/mol. The fourth-order valence-corrected chi connectivity index (χ4v) is 7.13. The Morgan fingerprint density at radius 1 is 1.03 bits per heavy atom. The van der Waals surface area contributed by atoms with Gasteiger partial charge in [0.2, 0.25) is 10.0 Å². The quantitative estimate of drug-likeness (QED) is 0.434. The zero-order valence-corrected chi connectivity index (χ0v) is 22.5. The molecule has 3 atom stereocenters. The zero-order chi connectivity index (χ0) is 26.7. The Balaban J connectivity index is 1.28. The Hall–Kier alpha value is -3.27. The van der Waals surface area contributed by atoms with Crippen LogP contribution in [0.25, 0.3) is 0 Å². The van der Waals surface area contributed by atoms with Gasteiger partial charge in [0.05, 0.1) is 30.6 Å². The number of methoxy groups -OCH3 is 1. The van der Waals surface area contributed by atoms with Crippen LogP contribution in [0, 0.1) is 6.92 Å². The molecule has 3 aromatic rings. The number of likely N-dealkylation sites (tertiary alicyclic amines) is 1. The number of carbonyl (C=O) groups excluding carboxylic acids is 1. The maximum absolute atomic E-state index is 13.4. The molecule has 0 radical (unpaired) electrons. The number of rotatable bonds is 8. The second-order valence-corrected chi connectivity index (χ2v) is 11.8. The summed E-state index contributed by atoms with van der Waals surface area (Å²) in [7, 11) is -1.95. The molecule has 1 amide bonds. The second kappa shape index (κ2) is 11.2. The lowest BCUT2D eigenvalue weighted by atomic mass is 10.1. The van der Waals surface area contributed by atoms with Crippen LogP contribution < -0.4 is 4.74 Å². The molecule has 2 aliphatic rings. The number of benzene rings is 2. The molecule has 2 saturated heterocycles. The van der Waals surface area contributed by atoms with Gasteiger partial charge in [0, 0.05) is 25.4 Å². The number of carbonyl (C=O) groups is 1. The van der Waals surface area contributed by atoms with Gasteiger partial charge in [0.25, 0.3) is 5.91 Å². The maximum atomic E-state index is 13.4. The smallest absolute Gasteiger partial charge is 0.254 e. The Kier molecular flexibility index (Phi) is 7.78. The van der Waals surface area contributed by atoms with E-state index >= 15 is 0 Å². The molecular formula is C29H33N3O5S. The third-order valence-corrected chi connectivity index (χ3v) is 9.16. The van der Waals surface area contributed by atoms with Crippen LogP contribution in [0.4, 0.5) is 0 Å². The van der Waals surface area contributed by atoms with Crippen molar-refractivity contribution in [3.63, 3.8) is 0 Å². The summed E-state index contributed by atoms with van der Waals surface area (Å²) < 4.78 is 40.3. The second-order valence-electron chi connectivity index (χ2n) is 9.88. The SMILES string of the molecule is COC1CN(C(=O)c2ccccc2C)CC1Oc1cccc(CS(=O)(=O)N2CCCC2c2ccccn2)c1. The van der Waals surface area contributed by atoms with E-state index in [9.17, 15) is 13.2 Å². The van der Waals surface area contributed by atoms with Crippen molar-refractivity contribution >= 4 is 15.9 Å². The molecule has 0 bridgehead atoms. The number of pyridine rings is 1. The average Bonchev–Trinajstić information content (AvgIpc) is 3.57. The molecule has 5 rings (SSSR count). The Morgan fingerprint density at radius 3 is 2.58 bits per heavy atom. The minimum absolute atomic E-state index is 0.0517. The largest absolute Gasteiger partial charge is 0.486 e. The molecule has 38 heavy (non-hydrogen) atoms. The minimum Gasteiger partial charge on any atom is -0.486 e. The van der Waals surface area contributed by atoms with Crippen LogP contribution in [0.1, 0.15) is 46.1 Å². The lowest BCUT2D eigenvalue weighted by molar-refractivity contribution is 0.0339. The van der Waals surface area contributed by atoms with E-state index in [1.165, 1.54) is 0 Å². The van der Waals surface area contributed by atoms with Crippen molar-refractivity contribution in [3.8, 4) is 5.75 Å². The molecule has 9 heteroatoms. The minimum atomic E-state index is -3.56. The highest BCUT2D eigenvalue weighted by atomic mass is 32.2. The summed E-state index contributed by atoms with van der Waals surface area (Å²) in [5.74, 6) is 0.380. The normalized spacial score (nSPS) is 22.1. The number of nitrogens with zero attached hydrogens (tertiary/aromatic N) is 3. The predicted octanol–water partition coefficient (Wildman–Crippen LogP) is 3.98. The molecule has 0 spiro atoms. The van der Waals surface area contributed by atoms with E-state index in [2.05, 4.69) is 4.98 Å². The van der Waals surface area contributed by atoms with Crippen molar-refractivity contribution in [2.24, 2.45) is 0 Å². The summed E-state index contributed by atoms with van der Waals surface area (Å²) in [5, 5.41) is 0. The highest BCUT2D eigenvalue weighted by Gasteiger charge is 2.38. The summed E-state index contributed by atoms with van der Waals surface area (Å²) in [4.78, 5) is 19.3. The molecule has 1 aromatic heterocycles. The summed E-state index contributed by atoms with van der Waals surface area (Å²) in [6.07, 6.45) is 2.61. The first-order valence-electron chi connectivity index (χ1n) is 12.9. The molecule has 8 nitrogen and oxygen atoms in total. The van der Waals surface area contributed by atoms with Gasteiger partial charge in [-0.1, -0.05) is 36.4 Å². The summed E-state index contributed by atoms with van der Waals surface area (Å²) in [6.45, 7) is 3.22. The van der Waals surface area contributed by atoms with Crippen LogP contribution in [0.15, 0.2) is 72.9 Å². The molecule has 0 aliphatic carbocycles. The molecule has 3 unspecified atom stereocenters. The van der Waals surface area contributed by atoms with Crippen LogP contribution in [0.5, 0.6) is 5.75 Å². The topological polar surface area (TPSA) is 89.0 Å². The Morgan fingerprint density at radius 2 is 1.82 bits per heavy atom. The lowest BCUT2D eigenvalue weighted by Crippen LogP contribution is -2.32. The summed E-state index contributed by atoms with van der Waals surface area (Å²) in [5.41, 5.74) is 3.02. The van der Waals surface area contributed by atoms with Crippen LogP contribution in [0.2, 0.25) is 0 Å². The number of ether oxygens (including phenoxy) is 2. The third-order valence-electron chi connectivity index (χ3n) is 7.31. The molecule has 2 aromatic carbocycles. The van der Waals surface area contributed by atoms with E-state index in [0.29, 0.717) is 36.5 Å². The highest BCUT2D eigenvalue weighted by molar-refractivity contribution is 7.88. The van der Waals surface area contributed by atoms with Crippen LogP contribution >= 0.6 is 0 Å². The van der Waals surface area contributed by atoms with E-state index in [1.807, 2.05) is 49.4 Å². The van der Waals surface area contributed by atoms with Crippen LogP contribution in [-0.2, 0) is 20.5 Å². The Bertz CT molecular complexity index is 1380. The van der Waals surface area contributed by atoms with E-state index in [0.717, 1.165) is 24.1 Å². The van der Waals surface area contributed by atoms with Crippen molar-refractivity contribution in [2.75, 3.05) is 26.7 Å². The number of amides is 1. The lowest BCUT2D eigenvalue weighted by Gasteiger charge is -2.24. The third kappa shape index (κ3) is 5.60. The average molecular weight is 536 g/mol. The standard InChI is InChI=1S/C29H33N3O5S/c1-21-9-3-4-12-24(21)29(33)31-18-27(36-2)28(19-31)37-23-11-7-10-22(17-23)20-38(34,35)32-16-8-14-26(32)25-13-5-6-15-30-25/h3-7,9-13,15,17,26-28H,8,14,16,18-20H2,1-2H3. The van der Waals surface area contributed by atoms with Gasteiger partial charge in [-0.3, -0.25) is 9.78 Å². The highest BCUT2D eigenvalue weighted by Crippen LogP contribution is 2.34. The number of aromatic nitrogens is 1. The van der Waals surface area contributed by atoms with Gasteiger partial charge < -0.3 is 14.4 Å². The van der Waals surface area contributed by atoms with E-state index in [1.54, 1.807) is 46.8 Å². The number of sulfonamides is 1.